The zero-order valence-corrected chi connectivity index (χ0v) is 17.0. The highest BCUT2D eigenvalue weighted by Gasteiger charge is 2.32. The highest BCUT2D eigenvalue weighted by Crippen LogP contribution is 2.39. The minimum Gasteiger partial charge on any atom is -0.493 e. The summed E-state index contributed by atoms with van der Waals surface area (Å²) in [6.45, 7) is 5.00. The first-order valence-corrected chi connectivity index (χ1v) is 9.27. The molecule has 0 N–H and O–H groups in total. The molecule has 0 spiro atoms. The SMILES string of the molecule is COc1cc(C(=O)N2CC(c3ccc(C)cc3)OCC2C)cc(OC)c1OC. The maximum Gasteiger partial charge on any atom is 0.254 e. The third-order valence-electron chi connectivity index (χ3n) is 5.05. The molecule has 2 aromatic rings. The van der Waals surface area contributed by atoms with Gasteiger partial charge in [-0.15, -0.1) is 0 Å². The van der Waals surface area contributed by atoms with Crippen molar-refractivity contribution in [3.63, 3.8) is 0 Å². The van der Waals surface area contributed by atoms with Crippen LogP contribution in [0, 0.1) is 6.92 Å². The van der Waals surface area contributed by atoms with E-state index in [9.17, 15) is 4.79 Å². The van der Waals surface area contributed by atoms with Gasteiger partial charge in [0.1, 0.15) is 6.10 Å². The van der Waals surface area contributed by atoms with Crippen molar-refractivity contribution >= 4 is 5.91 Å². The molecule has 6 nitrogen and oxygen atoms in total. The van der Waals surface area contributed by atoms with Crippen molar-refractivity contribution in [2.45, 2.75) is 26.0 Å². The average molecular weight is 385 g/mol. The molecule has 2 aromatic carbocycles. The molecule has 0 saturated carbocycles. The van der Waals surface area contributed by atoms with Crippen LogP contribution >= 0.6 is 0 Å². The summed E-state index contributed by atoms with van der Waals surface area (Å²) < 4.78 is 22.1. The number of nitrogens with zero attached hydrogens (tertiary/aromatic N) is 1. The second-order valence-electron chi connectivity index (χ2n) is 6.95. The van der Waals surface area contributed by atoms with E-state index in [2.05, 4.69) is 24.3 Å². The Morgan fingerprint density at radius 2 is 1.64 bits per heavy atom. The van der Waals surface area contributed by atoms with Crippen LogP contribution < -0.4 is 14.2 Å². The van der Waals surface area contributed by atoms with Crippen molar-refractivity contribution in [2.24, 2.45) is 0 Å². The van der Waals surface area contributed by atoms with Crippen LogP contribution in [0.1, 0.15) is 34.5 Å². The Labute approximate surface area is 166 Å². The van der Waals surface area contributed by atoms with Gasteiger partial charge in [-0.25, -0.2) is 0 Å². The van der Waals surface area contributed by atoms with E-state index in [1.165, 1.54) is 26.9 Å². The minimum atomic E-state index is -0.150. The van der Waals surface area contributed by atoms with Gasteiger partial charge in [0, 0.05) is 5.56 Å². The van der Waals surface area contributed by atoms with Gasteiger partial charge in [-0.2, -0.15) is 0 Å². The molecule has 3 rings (SSSR count). The van der Waals surface area contributed by atoms with E-state index in [-0.39, 0.29) is 18.1 Å². The highest BCUT2D eigenvalue weighted by atomic mass is 16.5. The first-order chi connectivity index (χ1) is 13.5. The van der Waals surface area contributed by atoms with Gasteiger partial charge in [-0.3, -0.25) is 4.79 Å². The van der Waals surface area contributed by atoms with Crippen LogP contribution in [0.3, 0.4) is 0 Å². The second kappa shape index (κ2) is 8.52. The first kappa shape index (κ1) is 20.0. The minimum absolute atomic E-state index is 0.0340. The van der Waals surface area contributed by atoms with Crippen molar-refractivity contribution in [1.29, 1.82) is 0 Å². The predicted octanol–water partition coefficient (Wildman–Crippen LogP) is 3.62. The molecule has 1 fully saturated rings. The Hall–Kier alpha value is -2.73. The van der Waals surface area contributed by atoms with Crippen molar-refractivity contribution in [2.75, 3.05) is 34.5 Å². The number of hydrogen-bond acceptors (Lipinski definition) is 5. The molecule has 150 valence electrons. The number of carbonyl (C=O) groups is 1. The Balaban J connectivity index is 1.88. The number of morpholine rings is 1. The summed E-state index contributed by atoms with van der Waals surface area (Å²) in [4.78, 5) is 15.1. The van der Waals surface area contributed by atoms with Crippen LogP contribution in [0.4, 0.5) is 0 Å². The van der Waals surface area contributed by atoms with Crippen molar-refractivity contribution in [3.8, 4) is 17.2 Å². The van der Waals surface area contributed by atoms with Crippen molar-refractivity contribution < 1.29 is 23.7 Å². The van der Waals surface area contributed by atoms with Gasteiger partial charge < -0.3 is 23.8 Å². The first-order valence-electron chi connectivity index (χ1n) is 9.27. The van der Waals surface area contributed by atoms with E-state index in [0.29, 0.717) is 36.0 Å². The zero-order chi connectivity index (χ0) is 20.3. The Kier molecular flexibility index (Phi) is 6.09. The monoisotopic (exact) mass is 385 g/mol. The molecule has 1 amide bonds. The summed E-state index contributed by atoms with van der Waals surface area (Å²) in [6, 6.07) is 11.6. The summed E-state index contributed by atoms with van der Waals surface area (Å²) in [6.07, 6.45) is -0.150. The topological polar surface area (TPSA) is 57.2 Å². The van der Waals surface area contributed by atoms with Crippen LogP contribution in [0.2, 0.25) is 0 Å². The largest absolute Gasteiger partial charge is 0.493 e. The van der Waals surface area contributed by atoms with Gasteiger partial charge >= 0.3 is 0 Å². The molecule has 0 radical (unpaired) electrons. The van der Waals surface area contributed by atoms with Gasteiger partial charge in [0.05, 0.1) is 40.5 Å². The highest BCUT2D eigenvalue weighted by molar-refractivity contribution is 5.96. The number of hydrogen-bond donors (Lipinski definition) is 0. The van der Waals surface area contributed by atoms with E-state index >= 15 is 0 Å². The number of ether oxygens (including phenoxy) is 4. The van der Waals surface area contributed by atoms with Gasteiger partial charge in [0.15, 0.2) is 11.5 Å². The summed E-state index contributed by atoms with van der Waals surface area (Å²) in [7, 11) is 4.62. The Morgan fingerprint density at radius 3 is 2.18 bits per heavy atom. The summed E-state index contributed by atoms with van der Waals surface area (Å²) in [5, 5.41) is 0. The molecule has 0 bridgehead atoms. The van der Waals surface area contributed by atoms with Crippen LogP contribution in [0.5, 0.6) is 17.2 Å². The van der Waals surface area contributed by atoms with Gasteiger partial charge in [-0.05, 0) is 31.5 Å². The molecular weight excluding hydrogens is 358 g/mol. The standard InChI is InChI=1S/C22H27NO5/c1-14-6-8-16(9-7-14)20-12-23(15(2)13-28-20)22(24)17-10-18(25-3)21(27-5)19(11-17)26-4/h6-11,15,20H,12-13H2,1-5H3. The van der Waals surface area contributed by atoms with Crippen LogP contribution in [0.25, 0.3) is 0 Å². The molecule has 2 unspecified atom stereocenters. The third-order valence-corrected chi connectivity index (χ3v) is 5.05. The number of benzene rings is 2. The maximum absolute atomic E-state index is 13.3. The fourth-order valence-electron chi connectivity index (χ4n) is 3.39. The lowest BCUT2D eigenvalue weighted by molar-refractivity contribution is -0.0486. The molecule has 1 aliphatic rings. The zero-order valence-electron chi connectivity index (χ0n) is 17.0. The molecule has 2 atom stereocenters. The second-order valence-corrected chi connectivity index (χ2v) is 6.95. The van der Waals surface area contributed by atoms with Gasteiger partial charge in [-0.1, -0.05) is 29.8 Å². The van der Waals surface area contributed by atoms with Gasteiger partial charge in [0.2, 0.25) is 5.75 Å². The molecule has 6 heteroatoms. The summed E-state index contributed by atoms with van der Waals surface area (Å²) in [5.41, 5.74) is 2.75. The van der Waals surface area contributed by atoms with E-state index in [4.69, 9.17) is 18.9 Å². The lowest BCUT2D eigenvalue weighted by atomic mass is 10.0. The molecule has 1 saturated heterocycles. The van der Waals surface area contributed by atoms with E-state index < -0.39 is 0 Å². The molecule has 0 aromatic heterocycles. The molecule has 1 aliphatic heterocycles. The number of amides is 1. The third kappa shape index (κ3) is 3.92. The lowest BCUT2D eigenvalue weighted by Gasteiger charge is -2.38. The van der Waals surface area contributed by atoms with Crippen LogP contribution in [0.15, 0.2) is 36.4 Å². The van der Waals surface area contributed by atoms with Gasteiger partial charge in [0.25, 0.3) is 5.91 Å². The average Bonchev–Trinajstić information content (AvgIpc) is 2.73. The van der Waals surface area contributed by atoms with Crippen molar-refractivity contribution in [1.82, 2.24) is 4.90 Å². The summed E-state index contributed by atoms with van der Waals surface area (Å²) >= 11 is 0. The number of carbonyl (C=O) groups excluding carboxylic acids is 1. The number of methoxy groups -OCH3 is 3. The molecule has 0 aliphatic carbocycles. The summed E-state index contributed by atoms with van der Waals surface area (Å²) in [5.74, 6) is 1.30. The lowest BCUT2D eigenvalue weighted by Crippen LogP contribution is -2.48. The molecular formula is C22H27NO5. The number of rotatable bonds is 5. The van der Waals surface area contributed by atoms with E-state index in [0.717, 1.165) is 5.56 Å². The fourth-order valence-corrected chi connectivity index (χ4v) is 3.39. The predicted molar refractivity (Wildman–Crippen MR) is 106 cm³/mol. The Bertz CT molecular complexity index is 808. The van der Waals surface area contributed by atoms with E-state index in [1.54, 1.807) is 12.1 Å². The Morgan fingerprint density at radius 1 is 1.04 bits per heavy atom. The van der Waals surface area contributed by atoms with Crippen molar-refractivity contribution in [3.05, 3.63) is 53.1 Å². The molecule has 1 heterocycles. The normalized spacial score (nSPS) is 19.2. The quantitative estimate of drug-likeness (QED) is 0.787. The fraction of sp³-hybridized carbons (Fsp3) is 0.409. The van der Waals surface area contributed by atoms with Crippen LogP contribution in [-0.2, 0) is 4.74 Å². The maximum atomic E-state index is 13.3. The van der Waals surface area contributed by atoms with E-state index in [1.807, 2.05) is 18.7 Å². The molecule has 28 heavy (non-hydrogen) atoms. The number of aryl methyl sites for hydroxylation is 1. The smallest absolute Gasteiger partial charge is 0.254 e. The van der Waals surface area contributed by atoms with Crippen LogP contribution in [-0.4, -0.2) is 51.3 Å².